The number of carbonyl (C=O) groups excluding carboxylic acids is 2. The Kier molecular flexibility index (Phi) is 8.38. The lowest BCUT2D eigenvalue weighted by molar-refractivity contribution is -0.120. The molecule has 4 atom stereocenters. The summed E-state index contributed by atoms with van der Waals surface area (Å²) in [5, 5.41) is 20.0. The Hall–Kier alpha value is -6.22. The minimum absolute atomic E-state index is 0.00353. The number of para-hydroxylation sites is 2. The van der Waals surface area contributed by atoms with Gasteiger partial charge in [0.2, 0.25) is 11.8 Å². The van der Waals surface area contributed by atoms with Gasteiger partial charge < -0.3 is 10.2 Å². The second kappa shape index (κ2) is 13.2. The van der Waals surface area contributed by atoms with Crippen molar-refractivity contribution in [3.05, 3.63) is 189 Å². The van der Waals surface area contributed by atoms with Gasteiger partial charge in [-0.1, -0.05) is 96.0 Å². The van der Waals surface area contributed by atoms with E-state index in [-0.39, 0.29) is 34.8 Å². The van der Waals surface area contributed by atoms with Crippen molar-refractivity contribution in [1.82, 2.24) is 0 Å². The first kappa shape index (κ1) is 35.5. The highest BCUT2D eigenvalue weighted by Gasteiger charge is 2.68. The van der Waals surface area contributed by atoms with Crippen LogP contribution < -0.4 is 9.80 Å². The zero-order chi connectivity index (χ0) is 38.9. The number of rotatable bonds is 6. The van der Waals surface area contributed by atoms with Gasteiger partial charge in [0, 0.05) is 33.3 Å². The fraction of sp³-hybridized carbons (Fsp3) is 0.130. The molecular formula is C46H32Cl2N2O6. The zero-order valence-corrected chi connectivity index (χ0v) is 31.1. The summed E-state index contributed by atoms with van der Waals surface area (Å²) in [7, 11) is 0. The number of hydrogen-bond acceptors (Lipinski definition) is 4. The van der Waals surface area contributed by atoms with Crippen molar-refractivity contribution in [2.75, 3.05) is 9.80 Å². The summed E-state index contributed by atoms with van der Waals surface area (Å²) >= 11 is 12.0. The molecule has 0 aromatic heterocycles. The molecule has 4 aliphatic rings. The lowest BCUT2D eigenvalue weighted by atomic mass is 9.92. The van der Waals surface area contributed by atoms with Crippen molar-refractivity contribution >= 4 is 69.7 Å². The van der Waals surface area contributed by atoms with Crippen molar-refractivity contribution in [3.8, 4) is 0 Å². The number of benzene rings is 6. The summed E-state index contributed by atoms with van der Waals surface area (Å²) in [6, 6.07) is 43.9. The number of carboxylic acids is 2. The van der Waals surface area contributed by atoms with Gasteiger partial charge in [-0.15, -0.1) is 0 Å². The molecule has 2 aliphatic carbocycles. The van der Waals surface area contributed by atoms with Gasteiger partial charge in [-0.3, -0.25) is 19.4 Å². The van der Waals surface area contributed by atoms with Crippen LogP contribution in [-0.4, -0.2) is 34.0 Å². The first-order chi connectivity index (χ1) is 27.0. The van der Waals surface area contributed by atoms with E-state index in [1.54, 1.807) is 46.2 Å². The van der Waals surface area contributed by atoms with Crippen LogP contribution in [0.4, 0.5) is 22.7 Å². The molecule has 2 amide bonds. The van der Waals surface area contributed by atoms with Gasteiger partial charge in [0.05, 0.1) is 33.3 Å². The smallest absolute Gasteiger partial charge is 0.335 e. The largest absolute Gasteiger partial charge is 0.478 e. The van der Waals surface area contributed by atoms with Gasteiger partial charge in [0.1, 0.15) is 0 Å². The second-order valence-electron chi connectivity index (χ2n) is 14.6. The quantitative estimate of drug-likeness (QED) is 0.174. The van der Waals surface area contributed by atoms with Crippen LogP contribution in [0.1, 0.15) is 67.6 Å². The molecule has 276 valence electrons. The number of anilines is 4. The second-order valence-corrected chi connectivity index (χ2v) is 15.5. The molecule has 2 fully saturated rings. The molecule has 0 unspecified atom stereocenters. The molecule has 6 aromatic rings. The Morgan fingerprint density at radius 3 is 1.27 bits per heavy atom. The van der Waals surface area contributed by atoms with E-state index in [2.05, 4.69) is 0 Å². The molecule has 10 heteroatoms. The molecule has 0 saturated heterocycles. The molecule has 8 nitrogen and oxygen atoms in total. The van der Waals surface area contributed by atoms with E-state index in [1.807, 2.05) is 97.1 Å². The van der Waals surface area contributed by atoms with Crippen LogP contribution >= 0.6 is 23.2 Å². The highest BCUT2D eigenvalue weighted by atomic mass is 35.5. The number of hydrogen-bond donors (Lipinski definition) is 2. The van der Waals surface area contributed by atoms with Gasteiger partial charge in [-0.2, -0.15) is 0 Å². The van der Waals surface area contributed by atoms with Crippen molar-refractivity contribution < 1.29 is 29.4 Å². The van der Waals surface area contributed by atoms with Crippen LogP contribution in [-0.2, 0) is 20.4 Å². The number of carboxylic acid groups (broad SMARTS) is 2. The monoisotopic (exact) mass is 778 g/mol. The Morgan fingerprint density at radius 2 is 0.893 bits per heavy atom. The van der Waals surface area contributed by atoms with Gasteiger partial charge >= 0.3 is 11.9 Å². The van der Waals surface area contributed by atoms with Gasteiger partial charge in [0.15, 0.2) is 0 Å². The summed E-state index contributed by atoms with van der Waals surface area (Å²) in [5.74, 6) is -1.85. The van der Waals surface area contributed by atoms with E-state index < -0.39 is 22.8 Å². The summed E-state index contributed by atoms with van der Waals surface area (Å²) in [4.78, 5) is 53.4. The number of nitrogens with zero attached hydrogens (tertiary/aromatic N) is 2. The van der Waals surface area contributed by atoms with Crippen molar-refractivity contribution in [2.24, 2.45) is 0 Å². The lowest BCUT2D eigenvalue weighted by Crippen LogP contribution is -2.29. The molecule has 0 radical (unpaired) electrons. The fourth-order valence-corrected chi connectivity index (χ4v) is 9.05. The van der Waals surface area contributed by atoms with Crippen LogP contribution in [0.2, 0.25) is 10.0 Å². The van der Waals surface area contributed by atoms with E-state index in [0.29, 0.717) is 21.4 Å². The van der Waals surface area contributed by atoms with Crippen LogP contribution in [0, 0.1) is 0 Å². The third-order valence-electron chi connectivity index (χ3n) is 11.6. The van der Waals surface area contributed by atoms with Gasteiger partial charge in [-0.05, 0) is 108 Å². The average molecular weight is 780 g/mol. The number of carbonyl (C=O) groups is 4. The molecule has 10 rings (SSSR count). The van der Waals surface area contributed by atoms with Crippen LogP contribution in [0.3, 0.4) is 0 Å². The van der Waals surface area contributed by atoms with E-state index in [0.717, 1.165) is 46.5 Å². The number of amides is 2. The number of fused-ring (bicyclic) bond motifs is 4. The summed E-state index contributed by atoms with van der Waals surface area (Å²) < 4.78 is 0. The first-order valence-corrected chi connectivity index (χ1v) is 18.9. The lowest BCUT2D eigenvalue weighted by Gasteiger charge is -2.19. The summed E-state index contributed by atoms with van der Waals surface area (Å²) in [5.41, 5.74) is 6.13. The zero-order valence-electron chi connectivity index (χ0n) is 29.6. The molecule has 2 spiro atoms. The molecule has 2 saturated carbocycles. The van der Waals surface area contributed by atoms with Crippen LogP contribution in [0.25, 0.3) is 0 Å². The summed E-state index contributed by atoms with van der Waals surface area (Å²) in [6.45, 7) is 0. The van der Waals surface area contributed by atoms with Gasteiger partial charge in [0.25, 0.3) is 0 Å². The minimum atomic E-state index is -1.01. The molecule has 56 heavy (non-hydrogen) atoms. The predicted molar refractivity (Wildman–Crippen MR) is 215 cm³/mol. The molecular weight excluding hydrogens is 747 g/mol. The summed E-state index contributed by atoms with van der Waals surface area (Å²) in [6.07, 6.45) is 1.47. The third kappa shape index (κ3) is 5.51. The maximum absolute atomic E-state index is 13.6. The normalized spacial score (nSPS) is 22.4. The predicted octanol–water partition coefficient (Wildman–Crippen LogP) is 10.3. The molecule has 2 aliphatic heterocycles. The molecule has 2 N–H and O–H groups in total. The highest BCUT2D eigenvalue weighted by molar-refractivity contribution is 6.31. The minimum Gasteiger partial charge on any atom is -0.478 e. The van der Waals surface area contributed by atoms with E-state index in [9.17, 15) is 29.4 Å². The van der Waals surface area contributed by atoms with E-state index in [1.165, 1.54) is 12.1 Å². The SMILES string of the molecule is O=C(O)c1cccc(N2C(=O)[C@]3(C[C@H]3c3ccc(Cl)cc3)c3ccccc32)c1.O=C(O)c1cccc(N2C(=O)[C@]3(C[C@H]3c3ccc(Cl)cc3)c3ccccc32)c1. The van der Waals surface area contributed by atoms with E-state index >= 15 is 0 Å². The molecule has 0 bridgehead atoms. The Labute approximate surface area is 332 Å². The molecule has 6 aromatic carbocycles. The Bertz CT molecular complexity index is 2430. The first-order valence-electron chi connectivity index (χ1n) is 18.1. The fourth-order valence-electron chi connectivity index (χ4n) is 8.80. The maximum Gasteiger partial charge on any atom is 0.335 e. The third-order valence-corrected chi connectivity index (χ3v) is 12.1. The van der Waals surface area contributed by atoms with Crippen molar-refractivity contribution in [1.29, 1.82) is 0 Å². The Balaban J connectivity index is 0.000000146. The number of aromatic carboxylic acids is 2. The standard InChI is InChI=1S/2C23H16ClNO3/c2*24-16-10-8-14(9-11-16)19-13-23(19)18-6-1-2-7-20(18)25(22(23)28)17-5-3-4-15(12-17)21(26)27/h2*1-12,19H,13H2,(H,26,27)/t2*19-,23+/m00/s1. The van der Waals surface area contributed by atoms with Crippen LogP contribution in [0.5, 0.6) is 0 Å². The average Bonchev–Trinajstić information content (AvgIpc) is 4.11. The maximum atomic E-state index is 13.6. The van der Waals surface area contributed by atoms with Crippen molar-refractivity contribution in [2.45, 2.75) is 35.5 Å². The topological polar surface area (TPSA) is 115 Å². The number of halogens is 2. The van der Waals surface area contributed by atoms with Crippen LogP contribution in [0.15, 0.2) is 146 Å². The highest BCUT2D eigenvalue weighted by Crippen LogP contribution is 2.68. The van der Waals surface area contributed by atoms with Gasteiger partial charge in [-0.25, -0.2) is 9.59 Å². The van der Waals surface area contributed by atoms with E-state index in [4.69, 9.17) is 23.2 Å². The van der Waals surface area contributed by atoms with Crippen molar-refractivity contribution in [3.63, 3.8) is 0 Å². The molecule has 2 heterocycles. The Morgan fingerprint density at radius 1 is 0.518 bits per heavy atom.